The standard InChI is InChI=1S/C11H14N4O/c1-4-13-10-8-11(14-15(10)7-1)16-9-2-5-12-6-3-9/h1,4,7-9,12H,2-3,5-6H2. The zero-order chi connectivity index (χ0) is 10.8. The number of nitrogens with one attached hydrogen (secondary N) is 1. The summed E-state index contributed by atoms with van der Waals surface area (Å²) in [7, 11) is 0. The van der Waals surface area contributed by atoms with Gasteiger partial charge in [-0.05, 0) is 32.0 Å². The Bertz CT molecular complexity index is 443. The molecule has 3 heterocycles. The van der Waals surface area contributed by atoms with Gasteiger partial charge in [-0.25, -0.2) is 9.50 Å². The Kier molecular flexibility index (Phi) is 2.46. The predicted octanol–water partition coefficient (Wildman–Crippen LogP) is 0.860. The molecule has 0 atom stereocenters. The van der Waals surface area contributed by atoms with Crippen LogP contribution in [-0.4, -0.2) is 33.8 Å². The minimum atomic E-state index is 0.283. The summed E-state index contributed by atoms with van der Waals surface area (Å²) in [6.07, 6.45) is 6.00. The highest BCUT2D eigenvalue weighted by molar-refractivity contribution is 5.40. The molecule has 3 rings (SSSR count). The van der Waals surface area contributed by atoms with Crippen LogP contribution in [0.25, 0.3) is 5.65 Å². The first kappa shape index (κ1) is 9.59. The summed E-state index contributed by atoms with van der Waals surface area (Å²) in [6, 6.07) is 3.73. The third-order valence-electron chi connectivity index (χ3n) is 2.79. The van der Waals surface area contributed by atoms with E-state index in [4.69, 9.17) is 4.74 Å². The molecule has 0 radical (unpaired) electrons. The van der Waals surface area contributed by atoms with E-state index >= 15 is 0 Å². The highest BCUT2D eigenvalue weighted by Gasteiger charge is 2.15. The largest absolute Gasteiger partial charge is 0.473 e. The van der Waals surface area contributed by atoms with Crippen molar-refractivity contribution in [2.24, 2.45) is 0 Å². The first-order chi connectivity index (χ1) is 7.92. The highest BCUT2D eigenvalue weighted by Crippen LogP contribution is 2.16. The van der Waals surface area contributed by atoms with E-state index in [-0.39, 0.29) is 6.10 Å². The van der Waals surface area contributed by atoms with E-state index in [0.29, 0.717) is 5.88 Å². The van der Waals surface area contributed by atoms with E-state index < -0.39 is 0 Å². The third-order valence-corrected chi connectivity index (χ3v) is 2.79. The van der Waals surface area contributed by atoms with Crippen LogP contribution in [-0.2, 0) is 0 Å². The van der Waals surface area contributed by atoms with Gasteiger partial charge in [0.2, 0.25) is 5.88 Å². The molecule has 2 aromatic heterocycles. The van der Waals surface area contributed by atoms with E-state index in [1.807, 2.05) is 18.3 Å². The lowest BCUT2D eigenvalue weighted by molar-refractivity contribution is 0.155. The number of hydrogen-bond donors (Lipinski definition) is 1. The van der Waals surface area contributed by atoms with Crippen molar-refractivity contribution in [1.82, 2.24) is 19.9 Å². The lowest BCUT2D eigenvalue weighted by Crippen LogP contribution is -2.34. The summed E-state index contributed by atoms with van der Waals surface area (Å²) >= 11 is 0. The zero-order valence-corrected chi connectivity index (χ0v) is 8.97. The van der Waals surface area contributed by atoms with Gasteiger partial charge in [0.1, 0.15) is 6.10 Å². The molecule has 84 valence electrons. The van der Waals surface area contributed by atoms with E-state index in [1.54, 1.807) is 10.7 Å². The summed E-state index contributed by atoms with van der Waals surface area (Å²) in [5.41, 5.74) is 0.825. The van der Waals surface area contributed by atoms with Crippen LogP contribution in [0.15, 0.2) is 24.5 Å². The molecule has 0 aromatic carbocycles. The molecule has 2 aromatic rings. The maximum atomic E-state index is 5.83. The summed E-state index contributed by atoms with van der Waals surface area (Å²) < 4.78 is 7.56. The smallest absolute Gasteiger partial charge is 0.235 e. The third kappa shape index (κ3) is 1.86. The average molecular weight is 218 g/mol. The minimum Gasteiger partial charge on any atom is -0.473 e. The molecule has 0 amide bonds. The van der Waals surface area contributed by atoms with Gasteiger partial charge in [-0.15, -0.1) is 5.10 Å². The molecular weight excluding hydrogens is 204 g/mol. The van der Waals surface area contributed by atoms with Gasteiger partial charge >= 0.3 is 0 Å². The van der Waals surface area contributed by atoms with Crippen LogP contribution in [0, 0.1) is 0 Å². The van der Waals surface area contributed by atoms with Gasteiger partial charge in [-0.2, -0.15) is 0 Å². The summed E-state index contributed by atoms with van der Waals surface area (Å²) in [6.45, 7) is 2.05. The number of piperidine rings is 1. The van der Waals surface area contributed by atoms with Gasteiger partial charge in [-0.3, -0.25) is 0 Å². The van der Waals surface area contributed by atoms with E-state index in [1.165, 1.54) is 0 Å². The Hall–Kier alpha value is -1.62. The number of aromatic nitrogens is 3. The number of ether oxygens (including phenoxy) is 1. The lowest BCUT2D eigenvalue weighted by atomic mass is 10.1. The normalized spacial score (nSPS) is 17.8. The molecule has 0 saturated carbocycles. The Balaban J connectivity index is 1.78. The number of hydrogen-bond acceptors (Lipinski definition) is 4. The van der Waals surface area contributed by atoms with E-state index in [2.05, 4.69) is 15.4 Å². The molecule has 5 heteroatoms. The van der Waals surface area contributed by atoms with Gasteiger partial charge in [0.05, 0.1) is 0 Å². The molecule has 16 heavy (non-hydrogen) atoms. The Morgan fingerprint density at radius 2 is 2.25 bits per heavy atom. The number of nitrogens with zero attached hydrogens (tertiary/aromatic N) is 3. The van der Waals surface area contributed by atoms with Crippen LogP contribution >= 0.6 is 0 Å². The predicted molar refractivity (Wildman–Crippen MR) is 59.5 cm³/mol. The summed E-state index contributed by atoms with van der Waals surface area (Å²) in [5, 5.41) is 7.63. The minimum absolute atomic E-state index is 0.283. The monoisotopic (exact) mass is 218 g/mol. The highest BCUT2D eigenvalue weighted by atomic mass is 16.5. The van der Waals surface area contributed by atoms with Gasteiger partial charge in [-0.1, -0.05) is 0 Å². The topological polar surface area (TPSA) is 51.5 Å². The first-order valence-electron chi connectivity index (χ1n) is 5.59. The summed E-state index contributed by atoms with van der Waals surface area (Å²) in [5.74, 6) is 0.672. The van der Waals surface area contributed by atoms with Crippen LogP contribution < -0.4 is 10.1 Å². The van der Waals surface area contributed by atoms with E-state index in [0.717, 1.165) is 31.6 Å². The Morgan fingerprint density at radius 1 is 1.38 bits per heavy atom. The molecule has 0 aliphatic carbocycles. The fraction of sp³-hybridized carbons (Fsp3) is 0.455. The van der Waals surface area contributed by atoms with Gasteiger partial charge in [0, 0.05) is 18.5 Å². The molecule has 1 fully saturated rings. The van der Waals surface area contributed by atoms with Crippen molar-refractivity contribution in [3.63, 3.8) is 0 Å². The van der Waals surface area contributed by atoms with Crippen molar-refractivity contribution in [2.75, 3.05) is 13.1 Å². The first-order valence-corrected chi connectivity index (χ1v) is 5.59. The quantitative estimate of drug-likeness (QED) is 0.812. The average Bonchev–Trinajstić information content (AvgIpc) is 2.72. The molecule has 1 aliphatic rings. The molecular formula is C11H14N4O. The van der Waals surface area contributed by atoms with Gasteiger partial charge in [0.25, 0.3) is 0 Å². The van der Waals surface area contributed by atoms with Crippen molar-refractivity contribution >= 4 is 5.65 Å². The second-order valence-corrected chi connectivity index (χ2v) is 3.97. The second kappa shape index (κ2) is 4.09. The van der Waals surface area contributed by atoms with Crippen LogP contribution in [0.1, 0.15) is 12.8 Å². The molecule has 0 spiro atoms. The maximum Gasteiger partial charge on any atom is 0.235 e. The van der Waals surface area contributed by atoms with Crippen molar-refractivity contribution < 1.29 is 4.74 Å². The molecule has 5 nitrogen and oxygen atoms in total. The van der Waals surface area contributed by atoms with E-state index in [9.17, 15) is 0 Å². The molecule has 0 unspecified atom stereocenters. The molecule has 1 N–H and O–H groups in total. The SMILES string of the molecule is c1cnc2cc(OC3CCNCC3)nn2c1. The van der Waals surface area contributed by atoms with Crippen molar-refractivity contribution in [1.29, 1.82) is 0 Å². The van der Waals surface area contributed by atoms with Crippen LogP contribution in [0.4, 0.5) is 0 Å². The second-order valence-electron chi connectivity index (χ2n) is 3.97. The zero-order valence-electron chi connectivity index (χ0n) is 8.97. The fourth-order valence-corrected chi connectivity index (χ4v) is 1.95. The van der Waals surface area contributed by atoms with Crippen LogP contribution in [0.5, 0.6) is 5.88 Å². The number of rotatable bonds is 2. The Labute approximate surface area is 93.4 Å². The molecule has 1 saturated heterocycles. The molecule has 1 aliphatic heterocycles. The van der Waals surface area contributed by atoms with Gasteiger partial charge < -0.3 is 10.1 Å². The maximum absolute atomic E-state index is 5.83. The molecule has 0 bridgehead atoms. The van der Waals surface area contributed by atoms with Crippen molar-refractivity contribution in [2.45, 2.75) is 18.9 Å². The number of fused-ring (bicyclic) bond motifs is 1. The van der Waals surface area contributed by atoms with Gasteiger partial charge in [0.15, 0.2) is 5.65 Å². The Morgan fingerprint density at radius 3 is 3.06 bits per heavy atom. The lowest BCUT2D eigenvalue weighted by Gasteiger charge is -2.22. The van der Waals surface area contributed by atoms with Crippen molar-refractivity contribution in [3.8, 4) is 5.88 Å². The van der Waals surface area contributed by atoms with Crippen LogP contribution in [0.3, 0.4) is 0 Å². The van der Waals surface area contributed by atoms with Crippen molar-refractivity contribution in [3.05, 3.63) is 24.5 Å². The van der Waals surface area contributed by atoms with Crippen LogP contribution in [0.2, 0.25) is 0 Å². The fourth-order valence-electron chi connectivity index (χ4n) is 1.95. The summed E-state index contributed by atoms with van der Waals surface area (Å²) in [4.78, 5) is 4.20.